The molecule has 0 spiro atoms. The molecule has 0 aliphatic heterocycles. The molecule has 0 amide bonds. The molecule has 7 aromatic carbocycles. The molecule has 0 fully saturated rings. The molecule has 206 valence electrons. The molecule has 2 nitrogen and oxygen atoms in total. The third-order valence-electron chi connectivity index (χ3n) is 8.71. The van der Waals surface area contributed by atoms with Crippen molar-refractivity contribution < 1.29 is 4.74 Å². The first kappa shape index (κ1) is 25.1. The standard InChI is InChI=1S/C41H26NOP/c1-2-13-29(14-3-1)44-38-20-9-8-16-31(38)36-25-28(21-22-39(36)44)43-41-34-18-7-6-17-33(34)40(37-26-42-24-23-35(37)41)32-19-10-12-27-11-4-5-15-30(27)32/h1-26H. The summed E-state index contributed by atoms with van der Waals surface area (Å²) in [5, 5.41) is 13.5. The Morgan fingerprint density at radius 3 is 2.05 bits per heavy atom. The fourth-order valence-corrected chi connectivity index (χ4v) is 9.42. The van der Waals surface area contributed by atoms with Gasteiger partial charge in [-0.15, -0.1) is 0 Å². The molecule has 2 aromatic heterocycles. The van der Waals surface area contributed by atoms with Gasteiger partial charge in [0, 0.05) is 38.8 Å². The van der Waals surface area contributed by atoms with E-state index in [1.165, 1.54) is 48.2 Å². The first-order valence-electron chi connectivity index (χ1n) is 14.9. The van der Waals surface area contributed by atoms with E-state index in [-0.39, 0.29) is 0 Å². The van der Waals surface area contributed by atoms with Crippen LogP contribution in [0.3, 0.4) is 0 Å². The van der Waals surface area contributed by atoms with Crippen LogP contribution < -0.4 is 4.74 Å². The molecule has 0 saturated heterocycles. The van der Waals surface area contributed by atoms with Crippen LogP contribution >= 0.6 is 7.53 Å². The monoisotopic (exact) mass is 579 g/mol. The Kier molecular flexibility index (Phi) is 5.76. The van der Waals surface area contributed by atoms with Crippen molar-refractivity contribution in [1.29, 1.82) is 0 Å². The van der Waals surface area contributed by atoms with Gasteiger partial charge in [0.2, 0.25) is 0 Å². The quantitative estimate of drug-likeness (QED) is 0.194. The fraction of sp³-hybridized carbons (Fsp3) is 0. The van der Waals surface area contributed by atoms with Crippen molar-refractivity contribution in [2.24, 2.45) is 0 Å². The Bertz CT molecular complexity index is 2470. The van der Waals surface area contributed by atoms with Gasteiger partial charge >= 0.3 is 0 Å². The highest BCUT2D eigenvalue weighted by atomic mass is 31.1. The van der Waals surface area contributed by atoms with E-state index in [1.807, 2.05) is 12.4 Å². The van der Waals surface area contributed by atoms with Crippen LogP contribution in [0.4, 0.5) is 0 Å². The summed E-state index contributed by atoms with van der Waals surface area (Å²) in [4.78, 5) is 4.59. The summed E-state index contributed by atoms with van der Waals surface area (Å²) >= 11 is 0. The first-order valence-corrected chi connectivity index (χ1v) is 16.2. The second-order valence-electron chi connectivity index (χ2n) is 11.2. The van der Waals surface area contributed by atoms with Crippen molar-refractivity contribution >= 4 is 60.9 Å². The van der Waals surface area contributed by atoms with Crippen LogP contribution in [0.25, 0.3) is 69.8 Å². The number of fused-ring (bicyclic) bond motifs is 6. The van der Waals surface area contributed by atoms with E-state index in [0.29, 0.717) is 0 Å². The molecular weight excluding hydrogens is 553 g/mol. The third kappa shape index (κ3) is 3.85. The molecule has 0 aliphatic rings. The lowest BCUT2D eigenvalue weighted by molar-refractivity contribution is 0.494. The number of hydrogen-bond acceptors (Lipinski definition) is 2. The minimum absolute atomic E-state index is 0.609. The Balaban J connectivity index is 1.28. The molecule has 3 heteroatoms. The van der Waals surface area contributed by atoms with Gasteiger partial charge in [-0.2, -0.15) is 0 Å². The van der Waals surface area contributed by atoms with E-state index in [0.717, 1.165) is 33.0 Å². The highest BCUT2D eigenvalue weighted by molar-refractivity contribution is 7.67. The average molecular weight is 580 g/mol. The van der Waals surface area contributed by atoms with Gasteiger partial charge < -0.3 is 4.74 Å². The first-order chi connectivity index (χ1) is 21.8. The van der Waals surface area contributed by atoms with Crippen LogP contribution in [0.1, 0.15) is 0 Å². The lowest BCUT2D eigenvalue weighted by Crippen LogP contribution is -1.93. The van der Waals surface area contributed by atoms with Crippen LogP contribution in [-0.4, -0.2) is 4.98 Å². The zero-order chi connectivity index (χ0) is 29.0. The smallest absolute Gasteiger partial charge is 0.143 e. The van der Waals surface area contributed by atoms with Crippen LogP contribution in [0.5, 0.6) is 11.5 Å². The summed E-state index contributed by atoms with van der Waals surface area (Å²) in [7, 11) is -0.609. The zero-order valence-electron chi connectivity index (χ0n) is 23.8. The van der Waals surface area contributed by atoms with Gasteiger partial charge in [-0.3, -0.25) is 4.98 Å². The molecule has 44 heavy (non-hydrogen) atoms. The van der Waals surface area contributed by atoms with Gasteiger partial charge in [-0.05, 0) is 67.6 Å². The second-order valence-corrected chi connectivity index (χ2v) is 13.3. The molecule has 0 aliphatic carbocycles. The van der Waals surface area contributed by atoms with E-state index in [2.05, 4.69) is 151 Å². The predicted molar refractivity (Wildman–Crippen MR) is 188 cm³/mol. The third-order valence-corrected chi connectivity index (χ3v) is 11.3. The minimum Gasteiger partial charge on any atom is -0.456 e. The SMILES string of the molecule is c1ccc(-p2c3ccccc3c3cc(Oc4c5ccccc5c(-c5cccc6ccccc56)c5cnccc45)ccc32)cc1. The normalized spacial score (nSPS) is 12.0. The highest BCUT2D eigenvalue weighted by Gasteiger charge is 2.19. The Hall–Kier alpha value is -5.43. The molecule has 9 rings (SSSR count). The average Bonchev–Trinajstić information content (AvgIpc) is 3.42. The van der Waals surface area contributed by atoms with Gasteiger partial charge in [0.1, 0.15) is 11.5 Å². The molecule has 1 unspecified atom stereocenters. The fourth-order valence-electron chi connectivity index (χ4n) is 6.81. The number of pyridine rings is 1. The van der Waals surface area contributed by atoms with E-state index in [4.69, 9.17) is 4.74 Å². The summed E-state index contributed by atoms with van der Waals surface area (Å²) in [5.74, 6) is 1.70. The number of benzene rings is 7. The van der Waals surface area contributed by atoms with Crippen molar-refractivity contribution in [3.63, 3.8) is 0 Å². The van der Waals surface area contributed by atoms with E-state index in [9.17, 15) is 0 Å². The summed E-state index contributed by atoms with van der Waals surface area (Å²) in [5.41, 5.74) is 2.39. The van der Waals surface area contributed by atoms with Crippen molar-refractivity contribution in [2.45, 2.75) is 0 Å². The van der Waals surface area contributed by atoms with E-state index >= 15 is 0 Å². The largest absolute Gasteiger partial charge is 0.456 e. The molecule has 0 N–H and O–H groups in total. The maximum absolute atomic E-state index is 6.94. The summed E-state index contributed by atoms with van der Waals surface area (Å²) in [6.07, 6.45) is 3.85. The maximum Gasteiger partial charge on any atom is 0.143 e. The van der Waals surface area contributed by atoms with Crippen LogP contribution in [0.15, 0.2) is 158 Å². The number of hydrogen-bond donors (Lipinski definition) is 0. The van der Waals surface area contributed by atoms with Gasteiger partial charge in [0.05, 0.1) is 0 Å². The summed E-state index contributed by atoms with van der Waals surface area (Å²) in [6.45, 7) is 0. The van der Waals surface area contributed by atoms with Gasteiger partial charge in [0.15, 0.2) is 0 Å². The number of nitrogens with zero attached hydrogens (tertiary/aromatic N) is 1. The topological polar surface area (TPSA) is 22.1 Å². The lowest BCUT2D eigenvalue weighted by Gasteiger charge is -2.18. The molecule has 0 radical (unpaired) electrons. The number of ether oxygens (including phenoxy) is 1. The lowest BCUT2D eigenvalue weighted by atomic mass is 9.89. The van der Waals surface area contributed by atoms with Crippen molar-refractivity contribution in [3.8, 4) is 27.9 Å². The summed E-state index contributed by atoms with van der Waals surface area (Å²) < 4.78 is 6.94. The molecule has 0 saturated carbocycles. The minimum atomic E-state index is -0.609. The van der Waals surface area contributed by atoms with E-state index in [1.54, 1.807) is 0 Å². The Morgan fingerprint density at radius 2 is 1.16 bits per heavy atom. The predicted octanol–water partition coefficient (Wildman–Crippen LogP) is 12.3. The zero-order valence-corrected chi connectivity index (χ0v) is 24.7. The molecule has 9 aromatic rings. The number of rotatable bonds is 4. The molecular formula is C41H26NOP. The van der Waals surface area contributed by atoms with Crippen LogP contribution in [-0.2, 0) is 0 Å². The molecule has 2 heterocycles. The van der Waals surface area contributed by atoms with Crippen molar-refractivity contribution in [1.82, 2.24) is 4.98 Å². The molecule has 0 bridgehead atoms. The van der Waals surface area contributed by atoms with Crippen LogP contribution in [0.2, 0.25) is 0 Å². The molecule has 1 atom stereocenters. The van der Waals surface area contributed by atoms with Crippen molar-refractivity contribution in [3.05, 3.63) is 158 Å². The second kappa shape index (κ2) is 10.1. The maximum atomic E-state index is 6.94. The van der Waals surface area contributed by atoms with Gasteiger partial charge in [-0.1, -0.05) is 129 Å². The van der Waals surface area contributed by atoms with E-state index < -0.39 is 7.53 Å². The van der Waals surface area contributed by atoms with Gasteiger partial charge in [0.25, 0.3) is 0 Å². The number of aromatic nitrogens is 1. The van der Waals surface area contributed by atoms with Crippen molar-refractivity contribution in [2.75, 3.05) is 0 Å². The Morgan fingerprint density at radius 1 is 0.477 bits per heavy atom. The summed E-state index contributed by atoms with van der Waals surface area (Å²) in [6, 6.07) is 52.2. The highest BCUT2D eigenvalue weighted by Crippen LogP contribution is 2.56. The Labute approximate surface area is 255 Å². The van der Waals surface area contributed by atoms with Crippen LogP contribution in [0, 0.1) is 0 Å². The van der Waals surface area contributed by atoms with Gasteiger partial charge in [-0.25, -0.2) is 0 Å².